The standard InChI is InChI=1S/C35H54N8O7/c1-36-13-5-7-26(38-3)32(47)40-19-25(44)20-41-33(48)29-18-24-16-22(10-12-31(24)46)21-9-11-30(45)23(15-21)17-28(39-4)35(50)42-27(34(49)43-29)8-6-14-37-2/h9-12,15-16,25-29,36-39,44-46H,5-8,13-14,17-20H2,1-4H3,(H,40,47)(H,41,48)(H,42,50)(H,43,49)/t25?,26-,27-,28-,29-/m0/s1. The van der Waals surface area contributed by atoms with Crippen molar-refractivity contribution in [2.75, 3.05) is 54.4 Å². The second-order valence-corrected chi connectivity index (χ2v) is 12.5. The summed E-state index contributed by atoms with van der Waals surface area (Å²) < 4.78 is 0. The van der Waals surface area contributed by atoms with Crippen molar-refractivity contribution in [1.29, 1.82) is 0 Å². The molecule has 5 atom stereocenters. The number of carbonyl (C=O) groups is 4. The molecule has 11 N–H and O–H groups in total. The van der Waals surface area contributed by atoms with Gasteiger partial charge < -0.3 is 57.9 Å². The molecule has 0 saturated heterocycles. The Morgan fingerprint density at radius 1 is 0.820 bits per heavy atom. The first-order valence-corrected chi connectivity index (χ1v) is 17.1. The zero-order valence-electron chi connectivity index (χ0n) is 29.4. The summed E-state index contributed by atoms with van der Waals surface area (Å²) in [6, 6.07) is 6.51. The Labute approximate surface area is 293 Å². The number of amides is 4. The summed E-state index contributed by atoms with van der Waals surface area (Å²) in [6.45, 7) is 1.02. The van der Waals surface area contributed by atoms with Crippen molar-refractivity contribution in [3.63, 3.8) is 0 Å². The molecule has 0 radical (unpaired) electrons. The Morgan fingerprint density at radius 2 is 1.42 bits per heavy atom. The highest BCUT2D eigenvalue weighted by atomic mass is 16.3. The van der Waals surface area contributed by atoms with E-state index in [4.69, 9.17) is 0 Å². The van der Waals surface area contributed by atoms with E-state index < -0.39 is 48.0 Å². The zero-order valence-corrected chi connectivity index (χ0v) is 29.4. The molecule has 1 heterocycles. The van der Waals surface area contributed by atoms with Gasteiger partial charge in [-0.25, -0.2) is 0 Å². The highest BCUT2D eigenvalue weighted by Crippen LogP contribution is 2.31. The second-order valence-electron chi connectivity index (χ2n) is 12.5. The lowest BCUT2D eigenvalue weighted by atomic mass is 9.95. The molecule has 1 unspecified atom stereocenters. The summed E-state index contributed by atoms with van der Waals surface area (Å²) in [4.78, 5) is 53.5. The van der Waals surface area contributed by atoms with Crippen molar-refractivity contribution in [3.05, 3.63) is 47.5 Å². The van der Waals surface area contributed by atoms with Crippen molar-refractivity contribution in [2.45, 2.75) is 68.8 Å². The Bertz CT molecular complexity index is 1440. The van der Waals surface area contributed by atoms with E-state index >= 15 is 0 Å². The molecule has 2 aromatic carbocycles. The normalized spacial score (nSPS) is 19.3. The maximum Gasteiger partial charge on any atom is 0.243 e. The Kier molecular flexibility index (Phi) is 16.4. The number of aliphatic hydroxyl groups excluding tert-OH is 1. The molecular formula is C35H54N8O7. The SMILES string of the molecule is CNCCC[C@H](NC)C(=O)NCC(O)CNC(=O)[C@@H]1Cc2cc(ccc2O)-c2ccc(O)c(c2)C[C@H](NC)C(=O)N[C@@H](CCCNC)C(=O)N1. The van der Waals surface area contributed by atoms with Crippen molar-refractivity contribution in [2.24, 2.45) is 0 Å². The molecule has 3 rings (SSSR count). The summed E-state index contributed by atoms with van der Waals surface area (Å²) in [5, 5.41) is 55.0. The van der Waals surface area contributed by atoms with Gasteiger partial charge in [-0.2, -0.15) is 0 Å². The van der Waals surface area contributed by atoms with Crippen LogP contribution in [-0.2, 0) is 32.0 Å². The third-order valence-corrected chi connectivity index (χ3v) is 8.80. The minimum Gasteiger partial charge on any atom is -0.508 e. The summed E-state index contributed by atoms with van der Waals surface area (Å²) in [5.74, 6) is -2.02. The first-order valence-electron chi connectivity index (χ1n) is 17.1. The van der Waals surface area contributed by atoms with E-state index in [0.29, 0.717) is 41.6 Å². The van der Waals surface area contributed by atoms with Gasteiger partial charge in [-0.05, 0) is 113 Å². The van der Waals surface area contributed by atoms with Gasteiger partial charge in [-0.3, -0.25) is 19.2 Å². The lowest BCUT2D eigenvalue weighted by Crippen LogP contribution is -2.57. The van der Waals surface area contributed by atoms with Gasteiger partial charge in [0, 0.05) is 25.9 Å². The van der Waals surface area contributed by atoms with Crippen LogP contribution in [0.15, 0.2) is 36.4 Å². The molecule has 0 aromatic heterocycles. The van der Waals surface area contributed by atoms with Crippen LogP contribution in [0.3, 0.4) is 0 Å². The number of likely N-dealkylation sites (N-methyl/N-ethyl adjacent to an activating group) is 2. The topological polar surface area (TPSA) is 225 Å². The number of benzene rings is 2. The number of fused-ring (bicyclic) bond motifs is 5. The van der Waals surface area contributed by atoms with Gasteiger partial charge in [0.05, 0.1) is 18.2 Å². The van der Waals surface area contributed by atoms with Crippen molar-refractivity contribution < 1.29 is 34.5 Å². The molecule has 15 nitrogen and oxygen atoms in total. The van der Waals surface area contributed by atoms with Crippen molar-refractivity contribution in [3.8, 4) is 22.6 Å². The third-order valence-electron chi connectivity index (χ3n) is 8.80. The minimum absolute atomic E-state index is 0.0123. The van der Waals surface area contributed by atoms with E-state index in [1.165, 1.54) is 6.07 Å². The Balaban J connectivity index is 1.87. The second kappa shape index (κ2) is 20.4. The van der Waals surface area contributed by atoms with Crippen LogP contribution in [0.5, 0.6) is 11.5 Å². The van der Waals surface area contributed by atoms with Crippen LogP contribution in [-0.4, -0.2) is 124 Å². The first kappa shape index (κ1) is 40.2. The van der Waals surface area contributed by atoms with Gasteiger partial charge in [-0.1, -0.05) is 12.1 Å². The zero-order chi connectivity index (χ0) is 36.6. The molecule has 2 aromatic rings. The van der Waals surface area contributed by atoms with E-state index in [0.717, 1.165) is 13.0 Å². The van der Waals surface area contributed by atoms with Crippen LogP contribution in [0.1, 0.15) is 36.8 Å². The molecule has 15 heteroatoms. The highest BCUT2D eigenvalue weighted by molar-refractivity contribution is 5.93. The monoisotopic (exact) mass is 698 g/mol. The first-order chi connectivity index (χ1) is 24.0. The predicted molar refractivity (Wildman–Crippen MR) is 191 cm³/mol. The van der Waals surface area contributed by atoms with Gasteiger partial charge in [0.1, 0.15) is 23.6 Å². The largest absolute Gasteiger partial charge is 0.508 e. The number of phenolic OH excluding ortho intramolecular Hbond substituents is 2. The average molecular weight is 699 g/mol. The van der Waals surface area contributed by atoms with Crippen LogP contribution in [0.4, 0.5) is 0 Å². The summed E-state index contributed by atoms with van der Waals surface area (Å²) in [5.41, 5.74) is 2.29. The fourth-order valence-electron chi connectivity index (χ4n) is 5.77. The molecule has 4 amide bonds. The highest BCUT2D eigenvalue weighted by Gasteiger charge is 2.30. The molecule has 1 aliphatic heterocycles. The number of hydrogen-bond donors (Lipinski definition) is 11. The van der Waals surface area contributed by atoms with E-state index in [1.54, 1.807) is 51.5 Å². The molecule has 0 saturated carbocycles. The fraction of sp³-hybridized carbons (Fsp3) is 0.543. The molecule has 50 heavy (non-hydrogen) atoms. The minimum atomic E-state index is -1.20. The van der Waals surface area contributed by atoms with Gasteiger partial charge in [0.25, 0.3) is 0 Å². The predicted octanol–water partition coefficient (Wildman–Crippen LogP) is -1.40. The summed E-state index contributed by atoms with van der Waals surface area (Å²) in [6.07, 6.45) is 1.11. The molecule has 0 spiro atoms. The van der Waals surface area contributed by atoms with E-state index in [-0.39, 0.29) is 49.8 Å². The van der Waals surface area contributed by atoms with Crippen LogP contribution in [0.25, 0.3) is 11.1 Å². The van der Waals surface area contributed by atoms with Gasteiger partial charge in [0.2, 0.25) is 23.6 Å². The number of phenols is 2. The molecule has 276 valence electrons. The lowest BCUT2D eigenvalue weighted by molar-refractivity contribution is -0.132. The van der Waals surface area contributed by atoms with E-state index in [9.17, 15) is 34.5 Å². The quantitative estimate of drug-likeness (QED) is 0.0915. The van der Waals surface area contributed by atoms with Gasteiger partial charge in [-0.15, -0.1) is 0 Å². The van der Waals surface area contributed by atoms with Crippen molar-refractivity contribution >= 4 is 23.6 Å². The summed E-state index contributed by atoms with van der Waals surface area (Å²) >= 11 is 0. The number of aromatic hydroxyl groups is 2. The molecule has 1 aliphatic rings. The number of aliphatic hydroxyl groups is 1. The smallest absolute Gasteiger partial charge is 0.243 e. The maximum atomic E-state index is 13.8. The van der Waals surface area contributed by atoms with Gasteiger partial charge >= 0.3 is 0 Å². The van der Waals surface area contributed by atoms with Gasteiger partial charge in [0.15, 0.2) is 0 Å². The number of rotatable bonds is 16. The Morgan fingerprint density at radius 3 is 2.02 bits per heavy atom. The Hall–Kier alpha value is -4.28. The fourth-order valence-corrected chi connectivity index (χ4v) is 5.77. The third kappa shape index (κ3) is 11.9. The van der Waals surface area contributed by atoms with Crippen molar-refractivity contribution in [1.82, 2.24) is 42.5 Å². The molecule has 0 aliphatic carbocycles. The lowest BCUT2D eigenvalue weighted by Gasteiger charge is -2.25. The number of carbonyl (C=O) groups excluding carboxylic acids is 4. The molecule has 4 bridgehead atoms. The van der Waals surface area contributed by atoms with Crippen LogP contribution >= 0.6 is 0 Å². The van der Waals surface area contributed by atoms with E-state index in [1.807, 2.05) is 7.05 Å². The van der Waals surface area contributed by atoms with Crippen LogP contribution in [0, 0.1) is 0 Å². The average Bonchev–Trinajstić information content (AvgIpc) is 3.10. The number of nitrogens with one attached hydrogen (secondary N) is 8. The molecule has 0 fully saturated rings. The van der Waals surface area contributed by atoms with E-state index in [2.05, 4.69) is 42.5 Å². The maximum absolute atomic E-state index is 13.8. The molecular weight excluding hydrogens is 644 g/mol. The van der Waals surface area contributed by atoms with Crippen LogP contribution in [0.2, 0.25) is 0 Å². The summed E-state index contributed by atoms with van der Waals surface area (Å²) in [7, 11) is 6.92. The van der Waals surface area contributed by atoms with Crippen LogP contribution < -0.4 is 42.5 Å². The number of hydrogen-bond acceptors (Lipinski definition) is 11.